The SMILES string of the molecule is CC(C)OC(=O)CCNC(=O)CSc1nc2ccccc2s1. The Morgan fingerprint density at radius 1 is 1.36 bits per heavy atom. The van der Waals surface area contributed by atoms with Crippen molar-refractivity contribution in [3.05, 3.63) is 24.3 Å². The third-order valence-electron chi connectivity index (χ3n) is 2.62. The van der Waals surface area contributed by atoms with Gasteiger partial charge in [0, 0.05) is 6.54 Å². The van der Waals surface area contributed by atoms with Crippen LogP contribution in [0.2, 0.25) is 0 Å². The molecular weight excluding hydrogens is 320 g/mol. The number of benzene rings is 1. The van der Waals surface area contributed by atoms with Gasteiger partial charge in [-0.25, -0.2) is 4.98 Å². The minimum Gasteiger partial charge on any atom is -0.463 e. The molecule has 1 heterocycles. The molecule has 1 aromatic carbocycles. The molecule has 1 N–H and O–H groups in total. The van der Waals surface area contributed by atoms with Gasteiger partial charge in [-0.1, -0.05) is 23.9 Å². The first-order chi connectivity index (χ1) is 10.5. The van der Waals surface area contributed by atoms with Gasteiger partial charge in [0.2, 0.25) is 5.91 Å². The van der Waals surface area contributed by atoms with Crippen molar-refractivity contribution >= 4 is 45.2 Å². The van der Waals surface area contributed by atoms with Crippen molar-refractivity contribution in [1.29, 1.82) is 0 Å². The lowest BCUT2D eigenvalue weighted by Gasteiger charge is -2.08. The second-order valence-electron chi connectivity index (χ2n) is 4.87. The molecule has 5 nitrogen and oxygen atoms in total. The highest BCUT2D eigenvalue weighted by Crippen LogP contribution is 2.28. The number of hydrogen-bond donors (Lipinski definition) is 1. The number of amides is 1. The first-order valence-corrected chi connectivity index (χ1v) is 8.79. The van der Waals surface area contributed by atoms with E-state index in [0.717, 1.165) is 14.6 Å². The maximum atomic E-state index is 11.7. The Labute approximate surface area is 137 Å². The van der Waals surface area contributed by atoms with Gasteiger partial charge in [-0.05, 0) is 26.0 Å². The molecule has 7 heteroatoms. The van der Waals surface area contributed by atoms with Crippen molar-refractivity contribution in [3.8, 4) is 0 Å². The molecule has 118 valence electrons. The van der Waals surface area contributed by atoms with E-state index in [1.165, 1.54) is 11.8 Å². The van der Waals surface area contributed by atoms with Crippen LogP contribution in [0.3, 0.4) is 0 Å². The van der Waals surface area contributed by atoms with Gasteiger partial charge in [0.05, 0.1) is 28.5 Å². The Bertz CT molecular complexity index is 622. The van der Waals surface area contributed by atoms with E-state index in [1.807, 2.05) is 24.3 Å². The zero-order valence-corrected chi connectivity index (χ0v) is 14.1. The maximum Gasteiger partial charge on any atom is 0.307 e. The molecule has 0 aliphatic carbocycles. The van der Waals surface area contributed by atoms with Crippen molar-refractivity contribution in [3.63, 3.8) is 0 Å². The number of para-hydroxylation sites is 1. The van der Waals surface area contributed by atoms with Crippen LogP contribution in [0.25, 0.3) is 10.2 Å². The van der Waals surface area contributed by atoms with Gasteiger partial charge < -0.3 is 10.1 Å². The van der Waals surface area contributed by atoms with E-state index in [0.29, 0.717) is 12.3 Å². The molecule has 2 aromatic rings. The van der Waals surface area contributed by atoms with E-state index in [-0.39, 0.29) is 24.4 Å². The number of aromatic nitrogens is 1. The summed E-state index contributed by atoms with van der Waals surface area (Å²) in [6, 6.07) is 7.88. The number of ether oxygens (including phenoxy) is 1. The second kappa shape index (κ2) is 8.14. The molecule has 0 radical (unpaired) electrons. The smallest absolute Gasteiger partial charge is 0.307 e. The van der Waals surface area contributed by atoms with E-state index in [9.17, 15) is 9.59 Å². The van der Waals surface area contributed by atoms with Gasteiger partial charge in [-0.3, -0.25) is 9.59 Å². The van der Waals surface area contributed by atoms with E-state index in [1.54, 1.807) is 25.2 Å². The molecule has 0 spiro atoms. The van der Waals surface area contributed by atoms with Crippen molar-refractivity contribution in [1.82, 2.24) is 10.3 Å². The Morgan fingerprint density at radius 2 is 2.14 bits per heavy atom. The summed E-state index contributed by atoms with van der Waals surface area (Å²) in [5, 5.41) is 2.71. The summed E-state index contributed by atoms with van der Waals surface area (Å²) in [4.78, 5) is 27.5. The van der Waals surface area contributed by atoms with Crippen LogP contribution in [0.1, 0.15) is 20.3 Å². The van der Waals surface area contributed by atoms with Gasteiger partial charge in [-0.2, -0.15) is 0 Å². The number of fused-ring (bicyclic) bond motifs is 1. The van der Waals surface area contributed by atoms with Crippen LogP contribution in [0, 0.1) is 0 Å². The minimum absolute atomic E-state index is 0.110. The molecule has 0 aliphatic rings. The van der Waals surface area contributed by atoms with Crippen LogP contribution in [0.4, 0.5) is 0 Å². The molecule has 22 heavy (non-hydrogen) atoms. The average molecular weight is 338 g/mol. The summed E-state index contributed by atoms with van der Waals surface area (Å²) in [6.45, 7) is 3.89. The fourth-order valence-corrected chi connectivity index (χ4v) is 3.62. The van der Waals surface area contributed by atoms with Crippen LogP contribution < -0.4 is 5.32 Å². The molecular formula is C15H18N2O3S2. The Balaban J connectivity index is 1.70. The summed E-state index contributed by atoms with van der Waals surface area (Å²) in [7, 11) is 0. The number of carbonyl (C=O) groups excluding carboxylic acids is 2. The monoisotopic (exact) mass is 338 g/mol. The third-order valence-corrected chi connectivity index (χ3v) is 4.80. The highest BCUT2D eigenvalue weighted by molar-refractivity contribution is 8.01. The number of hydrogen-bond acceptors (Lipinski definition) is 6. The topological polar surface area (TPSA) is 68.3 Å². The Hall–Kier alpha value is -1.60. The number of nitrogens with zero attached hydrogens (tertiary/aromatic N) is 1. The summed E-state index contributed by atoms with van der Waals surface area (Å²) >= 11 is 2.98. The highest BCUT2D eigenvalue weighted by atomic mass is 32.2. The predicted octanol–water partition coefficient (Wildman–Crippen LogP) is 2.85. The minimum atomic E-state index is -0.297. The normalized spacial score (nSPS) is 10.9. The maximum absolute atomic E-state index is 11.7. The molecule has 1 aromatic heterocycles. The lowest BCUT2D eigenvalue weighted by Crippen LogP contribution is -2.28. The van der Waals surface area contributed by atoms with Crippen LogP contribution >= 0.6 is 23.1 Å². The van der Waals surface area contributed by atoms with Gasteiger partial charge in [0.25, 0.3) is 0 Å². The molecule has 0 fully saturated rings. The third kappa shape index (κ3) is 5.31. The van der Waals surface area contributed by atoms with Crippen LogP contribution in [-0.4, -0.2) is 35.3 Å². The van der Waals surface area contributed by atoms with Gasteiger partial charge >= 0.3 is 5.97 Å². The lowest BCUT2D eigenvalue weighted by molar-refractivity contribution is -0.147. The second-order valence-corrected chi connectivity index (χ2v) is 7.13. The van der Waals surface area contributed by atoms with Crippen molar-refractivity contribution in [2.45, 2.75) is 30.7 Å². The van der Waals surface area contributed by atoms with E-state index in [2.05, 4.69) is 10.3 Å². The molecule has 0 aliphatic heterocycles. The van der Waals surface area contributed by atoms with E-state index >= 15 is 0 Å². The zero-order valence-electron chi connectivity index (χ0n) is 12.5. The number of thioether (sulfide) groups is 1. The standard InChI is InChI=1S/C15H18N2O3S2/c1-10(2)20-14(19)7-8-16-13(18)9-21-15-17-11-5-3-4-6-12(11)22-15/h3-6,10H,7-9H2,1-2H3,(H,16,18). The van der Waals surface area contributed by atoms with Crippen LogP contribution in [-0.2, 0) is 14.3 Å². The van der Waals surface area contributed by atoms with E-state index in [4.69, 9.17) is 4.74 Å². The first kappa shape index (κ1) is 16.8. The fourth-order valence-electron chi connectivity index (χ4n) is 1.72. The number of nitrogens with one attached hydrogen (secondary N) is 1. The number of esters is 1. The first-order valence-electron chi connectivity index (χ1n) is 6.99. The number of thiazole rings is 1. The largest absolute Gasteiger partial charge is 0.463 e. The van der Waals surface area contributed by atoms with Gasteiger partial charge in [0.1, 0.15) is 0 Å². The lowest BCUT2D eigenvalue weighted by atomic mass is 10.3. The molecule has 0 saturated carbocycles. The van der Waals surface area contributed by atoms with Crippen molar-refractivity contribution in [2.24, 2.45) is 0 Å². The van der Waals surface area contributed by atoms with Crippen molar-refractivity contribution in [2.75, 3.05) is 12.3 Å². The van der Waals surface area contributed by atoms with Gasteiger partial charge in [-0.15, -0.1) is 11.3 Å². The molecule has 0 atom stereocenters. The van der Waals surface area contributed by atoms with Crippen molar-refractivity contribution < 1.29 is 14.3 Å². The molecule has 1 amide bonds. The van der Waals surface area contributed by atoms with E-state index < -0.39 is 0 Å². The molecule has 2 rings (SSSR count). The summed E-state index contributed by atoms with van der Waals surface area (Å²) in [5.41, 5.74) is 0.951. The van der Waals surface area contributed by atoms with Crippen LogP contribution in [0.5, 0.6) is 0 Å². The quantitative estimate of drug-likeness (QED) is 0.621. The predicted molar refractivity (Wildman–Crippen MR) is 89.2 cm³/mol. The highest BCUT2D eigenvalue weighted by Gasteiger charge is 2.09. The van der Waals surface area contributed by atoms with Crippen LogP contribution in [0.15, 0.2) is 28.6 Å². The summed E-state index contributed by atoms with van der Waals surface area (Å²) in [5.74, 6) is -0.116. The zero-order chi connectivity index (χ0) is 15.9. The Morgan fingerprint density at radius 3 is 2.86 bits per heavy atom. The number of rotatable bonds is 7. The average Bonchev–Trinajstić information content (AvgIpc) is 2.87. The summed E-state index contributed by atoms with van der Waals surface area (Å²) < 4.78 is 6.97. The molecule has 0 saturated heterocycles. The summed E-state index contributed by atoms with van der Waals surface area (Å²) in [6.07, 6.45) is 0.0632. The molecule has 0 unspecified atom stereocenters. The Kier molecular flexibility index (Phi) is 6.21. The fraction of sp³-hybridized carbons (Fsp3) is 0.400. The van der Waals surface area contributed by atoms with Gasteiger partial charge in [0.15, 0.2) is 4.34 Å². The molecule has 0 bridgehead atoms. The number of carbonyl (C=O) groups is 2.